The number of hydrogen-bond acceptors (Lipinski definition) is 2. The van der Waals surface area contributed by atoms with Crippen LogP contribution in [-0.2, 0) is 0 Å². The third-order valence-corrected chi connectivity index (χ3v) is 3.70. The van der Waals surface area contributed by atoms with Crippen LogP contribution in [0.2, 0.25) is 0 Å². The highest BCUT2D eigenvalue weighted by Gasteiger charge is 2.10. The van der Waals surface area contributed by atoms with Crippen LogP contribution in [0.4, 0.5) is 8.78 Å². The average molecular weight is 270 g/mol. The normalized spacial score (nSPS) is 14.7. The van der Waals surface area contributed by atoms with E-state index in [0.717, 1.165) is 25.1 Å². The van der Waals surface area contributed by atoms with Crippen LogP contribution in [0.1, 0.15) is 38.8 Å². The quantitative estimate of drug-likeness (QED) is 0.817. The van der Waals surface area contributed by atoms with Gasteiger partial charge in [0.1, 0.15) is 0 Å². The van der Waals surface area contributed by atoms with Gasteiger partial charge in [-0.05, 0) is 45.0 Å². The minimum Gasteiger partial charge on any atom is -0.309 e. The zero-order chi connectivity index (χ0) is 14.4. The van der Waals surface area contributed by atoms with Crippen molar-refractivity contribution in [3.63, 3.8) is 0 Å². The lowest BCUT2D eigenvalue weighted by Gasteiger charge is -2.24. The van der Waals surface area contributed by atoms with Crippen molar-refractivity contribution in [1.82, 2.24) is 10.2 Å². The first-order valence-corrected chi connectivity index (χ1v) is 6.84. The molecule has 108 valence electrons. The molecule has 1 aromatic rings. The van der Waals surface area contributed by atoms with Gasteiger partial charge in [0.25, 0.3) is 0 Å². The molecule has 0 radical (unpaired) electrons. The predicted octanol–water partition coefficient (Wildman–Crippen LogP) is 3.35. The molecule has 0 aliphatic rings. The fraction of sp³-hybridized carbons (Fsp3) is 0.600. The predicted molar refractivity (Wildman–Crippen MR) is 75.2 cm³/mol. The van der Waals surface area contributed by atoms with E-state index in [9.17, 15) is 8.78 Å². The van der Waals surface area contributed by atoms with Crippen LogP contribution in [0.3, 0.4) is 0 Å². The van der Waals surface area contributed by atoms with E-state index in [2.05, 4.69) is 31.1 Å². The van der Waals surface area contributed by atoms with Crippen molar-refractivity contribution in [1.29, 1.82) is 0 Å². The number of nitrogens with zero attached hydrogens (tertiary/aromatic N) is 1. The molecule has 0 aliphatic heterocycles. The Morgan fingerprint density at radius 2 is 1.89 bits per heavy atom. The molecule has 4 heteroatoms. The van der Waals surface area contributed by atoms with Gasteiger partial charge < -0.3 is 10.2 Å². The third kappa shape index (κ3) is 4.88. The number of halogens is 2. The molecule has 0 bridgehead atoms. The maximum Gasteiger partial charge on any atom is 0.159 e. The van der Waals surface area contributed by atoms with Crippen LogP contribution in [-0.4, -0.2) is 31.1 Å². The molecule has 0 heterocycles. The summed E-state index contributed by atoms with van der Waals surface area (Å²) in [6.07, 6.45) is 1.12. The third-order valence-electron chi connectivity index (χ3n) is 3.70. The SMILES string of the molecule is CCC(C)N(C)CCNC(C)c1ccc(F)c(F)c1. The summed E-state index contributed by atoms with van der Waals surface area (Å²) in [7, 11) is 2.10. The number of likely N-dealkylation sites (N-methyl/N-ethyl adjacent to an activating group) is 1. The minimum atomic E-state index is -0.799. The summed E-state index contributed by atoms with van der Waals surface area (Å²) >= 11 is 0. The van der Waals surface area contributed by atoms with Crippen molar-refractivity contribution < 1.29 is 8.78 Å². The van der Waals surface area contributed by atoms with Crippen molar-refractivity contribution in [2.24, 2.45) is 0 Å². The molecule has 0 saturated heterocycles. The summed E-state index contributed by atoms with van der Waals surface area (Å²) < 4.78 is 26.0. The molecule has 0 aliphatic carbocycles. The number of benzene rings is 1. The topological polar surface area (TPSA) is 15.3 Å². The Balaban J connectivity index is 2.43. The summed E-state index contributed by atoms with van der Waals surface area (Å²) in [5.74, 6) is -1.59. The molecule has 0 spiro atoms. The van der Waals surface area contributed by atoms with Gasteiger partial charge in [0.2, 0.25) is 0 Å². The molecule has 2 nitrogen and oxygen atoms in total. The molecule has 1 N–H and O–H groups in total. The van der Waals surface area contributed by atoms with Gasteiger partial charge >= 0.3 is 0 Å². The second-order valence-electron chi connectivity index (χ2n) is 5.09. The molecule has 1 aromatic carbocycles. The van der Waals surface area contributed by atoms with Gasteiger partial charge in [-0.3, -0.25) is 0 Å². The lowest BCUT2D eigenvalue weighted by molar-refractivity contribution is 0.249. The van der Waals surface area contributed by atoms with E-state index in [-0.39, 0.29) is 6.04 Å². The van der Waals surface area contributed by atoms with E-state index in [0.29, 0.717) is 6.04 Å². The van der Waals surface area contributed by atoms with E-state index < -0.39 is 11.6 Å². The van der Waals surface area contributed by atoms with Gasteiger partial charge in [0, 0.05) is 25.2 Å². The molecule has 2 atom stereocenters. The Morgan fingerprint density at radius 3 is 2.47 bits per heavy atom. The largest absolute Gasteiger partial charge is 0.309 e. The molecule has 1 rings (SSSR count). The molecular formula is C15H24F2N2. The highest BCUT2D eigenvalue weighted by molar-refractivity contribution is 5.20. The lowest BCUT2D eigenvalue weighted by Crippen LogP contribution is -2.35. The van der Waals surface area contributed by atoms with Crippen LogP contribution in [0, 0.1) is 11.6 Å². The number of hydrogen-bond donors (Lipinski definition) is 1. The van der Waals surface area contributed by atoms with Gasteiger partial charge in [-0.2, -0.15) is 0 Å². The molecular weight excluding hydrogens is 246 g/mol. The monoisotopic (exact) mass is 270 g/mol. The number of rotatable bonds is 7. The lowest BCUT2D eigenvalue weighted by atomic mass is 10.1. The zero-order valence-electron chi connectivity index (χ0n) is 12.2. The second-order valence-corrected chi connectivity index (χ2v) is 5.09. The Labute approximate surface area is 114 Å². The van der Waals surface area contributed by atoms with Crippen molar-refractivity contribution in [3.8, 4) is 0 Å². The maximum absolute atomic E-state index is 13.1. The van der Waals surface area contributed by atoms with Gasteiger partial charge in [-0.1, -0.05) is 13.0 Å². The Bertz CT molecular complexity index is 396. The van der Waals surface area contributed by atoms with Gasteiger partial charge in [-0.15, -0.1) is 0 Å². The van der Waals surface area contributed by atoms with E-state index in [1.54, 1.807) is 6.07 Å². The van der Waals surface area contributed by atoms with Crippen LogP contribution in [0.15, 0.2) is 18.2 Å². The summed E-state index contributed by atoms with van der Waals surface area (Å²) in [5.41, 5.74) is 0.769. The van der Waals surface area contributed by atoms with E-state index in [1.165, 1.54) is 12.1 Å². The number of nitrogens with one attached hydrogen (secondary N) is 1. The van der Waals surface area contributed by atoms with Gasteiger partial charge in [0.15, 0.2) is 11.6 Å². The van der Waals surface area contributed by atoms with Crippen LogP contribution >= 0.6 is 0 Å². The highest BCUT2D eigenvalue weighted by Crippen LogP contribution is 2.15. The summed E-state index contributed by atoms with van der Waals surface area (Å²) in [5, 5.41) is 3.32. The van der Waals surface area contributed by atoms with Crippen LogP contribution < -0.4 is 5.32 Å². The molecule has 19 heavy (non-hydrogen) atoms. The summed E-state index contributed by atoms with van der Waals surface area (Å²) in [6, 6.07) is 4.62. The van der Waals surface area contributed by atoms with Crippen molar-refractivity contribution in [3.05, 3.63) is 35.4 Å². The van der Waals surface area contributed by atoms with E-state index in [1.807, 2.05) is 6.92 Å². The maximum atomic E-state index is 13.1. The first-order chi connectivity index (χ1) is 8.95. The fourth-order valence-corrected chi connectivity index (χ4v) is 1.89. The molecule has 0 amide bonds. The first kappa shape index (κ1) is 16.1. The highest BCUT2D eigenvalue weighted by atomic mass is 19.2. The van der Waals surface area contributed by atoms with E-state index >= 15 is 0 Å². The zero-order valence-corrected chi connectivity index (χ0v) is 12.2. The summed E-state index contributed by atoms with van der Waals surface area (Å²) in [4.78, 5) is 2.28. The summed E-state index contributed by atoms with van der Waals surface area (Å²) in [6.45, 7) is 8.07. The molecule has 2 unspecified atom stereocenters. The standard InChI is InChI=1S/C15H24F2N2/c1-5-11(2)19(4)9-8-18-12(3)13-6-7-14(16)15(17)10-13/h6-7,10-12,18H,5,8-9H2,1-4H3. The average Bonchev–Trinajstić information content (AvgIpc) is 2.40. The van der Waals surface area contributed by atoms with Crippen LogP contribution in [0.5, 0.6) is 0 Å². The Kier molecular flexibility index (Phi) is 6.38. The van der Waals surface area contributed by atoms with Crippen molar-refractivity contribution in [2.75, 3.05) is 20.1 Å². The van der Waals surface area contributed by atoms with Crippen molar-refractivity contribution >= 4 is 0 Å². The Hall–Kier alpha value is -1.00. The smallest absolute Gasteiger partial charge is 0.159 e. The molecule has 0 aromatic heterocycles. The van der Waals surface area contributed by atoms with E-state index in [4.69, 9.17) is 0 Å². The van der Waals surface area contributed by atoms with Crippen LogP contribution in [0.25, 0.3) is 0 Å². The minimum absolute atomic E-state index is 0.0143. The van der Waals surface area contributed by atoms with Crippen molar-refractivity contribution in [2.45, 2.75) is 39.3 Å². The molecule has 0 fully saturated rings. The van der Waals surface area contributed by atoms with Gasteiger partial charge in [0.05, 0.1) is 0 Å². The fourth-order valence-electron chi connectivity index (χ4n) is 1.89. The Morgan fingerprint density at radius 1 is 1.21 bits per heavy atom. The first-order valence-electron chi connectivity index (χ1n) is 6.84. The second kappa shape index (κ2) is 7.56. The molecule has 0 saturated carbocycles. The van der Waals surface area contributed by atoms with Gasteiger partial charge in [-0.25, -0.2) is 8.78 Å².